The Hall–Kier alpha value is -0.930. The van der Waals surface area contributed by atoms with E-state index < -0.39 is 0 Å². The molecule has 1 heterocycles. The summed E-state index contributed by atoms with van der Waals surface area (Å²) in [7, 11) is 0. The minimum Gasteiger partial charge on any atom is -0.379 e. The fraction of sp³-hybridized carbons (Fsp3) is 0.455. The predicted molar refractivity (Wildman–Crippen MR) is 52.4 cm³/mol. The molecular weight excluding hydrogens is 181 g/mol. The van der Waals surface area contributed by atoms with Gasteiger partial charge in [0.05, 0.1) is 13.2 Å². The first-order valence-corrected chi connectivity index (χ1v) is 4.83. The number of ether oxygens (including phenoxy) is 1. The van der Waals surface area contributed by atoms with Crippen molar-refractivity contribution in [3.8, 4) is 0 Å². The van der Waals surface area contributed by atoms with Crippen molar-refractivity contribution in [2.24, 2.45) is 11.7 Å². The molecule has 0 saturated carbocycles. The zero-order valence-corrected chi connectivity index (χ0v) is 7.95. The zero-order chi connectivity index (χ0) is 9.97. The van der Waals surface area contributed by atoms with E-state index in [1.54, 1.807) is 12.1 Å². The summed E-state index contributed by atoms with van der Waals surface area (Å²) in [6.45, 7) is 1.37. The maximum Gasteiger partial charge on any atom is 0.123 e. The van der Waals surface area contributed by atoms with E-state index in [1.807, 2.05) is 0 Å². The summed E-state index contributed by atoms with van der Waals surface area (Å²) in [4.78, 5) is 0. The summed E-state index contributed by atoms with van der Waals surface area (Å²) in [5, 5.41) is 0. The Labute approximate surface area is 82.9 Å². The fourth-order valence-electron chi connectivity index (χ4n) is 1.75. The molecule has 1 aliphatic heterocycles. The normalized spacial score (nSPS) is 26.7. The van der Waals surface area contributed by atoms with Gasteiger partial charge in [0, 0.05) is 12.0 Å². The van der Waals surface area contributed by atoms with E-state index in [-0.39, 0.29) is 11.9 Å². The minimum absolute atomic E-state index is 0.125. The molecule has 3 heteroatoms. The third-order valence-corrected chi connectivity index (χ3v) is 2.66. The maximum absolute atomic E-state index is 12.6. The summed E-state index contributed by atoms with van der Waals surface area (Å²) in [5.74, 6) is 0.182. The van der Waals surface area contributed by atoms with Crippen LogP contribution in [-0.2, 0) is 11.2 Å². The van der Waals surface area contributed by atoms with Crippen molar-refractivity contribution >= 4 is 0 Å². The van der Waals surface area contributed by atoms with Gasteiger partial charge in [-0.15, -0.1) is 0 Å². The Morgan fingerprint density at radius 3 is 2.57 bits per heavy atom. The van der Waals surface area contributed by atoms with Crippen LogP contribution < -0.4 is 5.73 Å². The molecule has 14 heavy (non-hydrogen) atoms. The highest BCUT2D eigenvalue weighted by Gasteiger charge is 2.24. The van der Waals surface area contributed by atoms with Crippen LogP contribution >= 0.6 is 0 Å². The quantitative estimate of drug-likeness (QED) is 0.773. The molecule has 2 nitrogen and oxygen atoms in total. The van der Waals surface area contributed by atoms with E-state index in [9.17, 15) is 4.39 Å². The molecule has 0 radical (unpaired) electrons. The van der Waals surface area contributed by atoms with E-state index in [1.165, 1.54) is 12.1 Å². The topological polar surface area (TPSA) is 35.2 Å². The van der Waals surface area contributed by atoms with Gasteiger partial charge in [0.15, 0.2) is 0 Å². The highest BCUT2D eigenvalue weighted by molar-refractivity contribution is 5.17. The third-order valence-electron chi connectivity index (χ3n) is 2.66. The number of halogens is 1. The van der Waals surface area contributed by atoms with Gasteiger partial charge < -0.3 is 10.5 Å². The second-order valence-electron chi connectivity index (χ2n) is 3.79. The summed E-state index contributed by atoms with van der Waals surface area (Å²) >= 11 is 0. The molecule has 0 spiro atoms. The molecule has 0 amide bonds. The van der Waals surface area contributed by atoms with E-state index in [0.29, 0.717) is 12.5 Å². The van der Waals surface area contributed by atoms with Crippen LogP contribution in [0.3, 0.4) is 0 Å². The first-order chi connectivity index (χ1) is 6.75. The number of rotatable bonds is 2. The van der Waals surface area contributed by atoms with Gasteiger partial charge in [-0.2, -0.15) is 0 Å². The maximum atomic E-state index is 12.6. The summed E-state index contributed by atoms with van der Waals surface area (Å²) in [6.07, 6.45) is 0.876. The fourth-order valence-corrected chi connectivity index (χ4v) is 1.75. The van der Waals surface area contributed by atoms with Crippen molar-refractivity contribution in [2.45, 2.75) is 12.5 Å². The predicted octanol–water partition coefficient (Wildman–Crippen LogP) is 1.34. The van der Waals surface area contributed by atoms with E-state index >= 15 is 0 Å². The number of benzene rings is 1. The highest BCUT2D eigenvalue weighted by atomic mass is 19.1. The standard InChI is InChI=1S/C11H14FNO/c12-10-3-1-8(2-4-10)5-9-6-14-7-11(9)13/h1-4,9,11H,5-7,13H2. The Morgan fingerprint density at radius 2 is 2.00 bits per heavy atom. The van der Waals surface area contributed by atoms with Gasteiger partial charge in [-0.3, -0.25) is 0 Å². The van der Waals surface area contributed by atoms with Crippen LogP contribution in [0.15, 0.2) is 24.3 Å². The van der Waals surface area contributed by atoms with Crippen molar-refractivity contribution in [3.05, 3.63) is 35.6 Å². The lowest BCUT2D eigenvalue weighted by atomic mass is 9.95. The van der Waals surface area contributed by atoms with E-state index in [2.05, 4.69) is 0 Å². The molecule has 2 rings (SSSR count). The van der Waals surface area contributed by atoms with Gasteiger partial charge in [-0.1, -0.05) is 12.1 Å². The van der Waals surface area contributed by atoms with Crippen molar-refractivity contribution in [1.29, 1.82) is 0 Å². The largest absolute Gasteiger partial charge is 0.379 e. The van der Waals surface area contributed by atoms with Gasteiger partial charge in [0.25, 0.3) is 0 Å². The molecule has 1 fully saturated rings. The molecule has 1 aromatic rings. The van der Waals surface area contributed by atoms with Crippen molar-refractivity contribution in [1.82, 2.24) is 0 Å². The van der Waals surface area contributed by atoms with Gasteiger partial charge in [-0.25, -0.2) is 4.39 Å². The van der Waals surface area contributed by atoms with Gasteiger partial charge in [0.1, 0.15) is 5.82 Å². The second kappa shape index (κ2) is 4.07. The highest BCUT2D eigenvalue weighted by Crippen LogP contribution is 2.17. The molecule has 1 saturated heterocycles. The third kappa shape index (κ3) is 2.11. The molecular formula is C11H14FNO. The molecule has 2 atom stereocenters. The first kappa shape index (κ1) is 9.62. The molecule has 2 N–H and O–H groups in total. The Morgan fingerprint density at radius 1 is 1.29 bits per heavy atom. The SMILES string of the molecule is NC1COCC1Cc1ccc(F)cc1. The smallest absolute Gasteiger partial charge is 0.123 e. The number of nitrogens with two attached hydrogens (primary N) is 1. The monoisotopic (exact) mass is 195 g/mol. The lowest BCUT2D eigenvalue weighted by Crippen LogP contribution is -2.29. The van der Waals surface area contributed by atoms with Gasteiger partial charge in [-0.05, 0) is 24.1 Å². The van der Waals surface area contributed by atoms with Crippen molar-refractivity contribution in [3.63, 3.8) is 0 Å². The molecule has 1 aliphatic rings. The van der Waals surface area contributed by atoms with Crippen LogP contribution in [0, 0.1) is 11.7 Å². The average Bonchev–Trinajstić information content (AvgIpc) is 2.56. The Balaban J connectivity index is 2.00. The van der Waals surface area contributed by atoms with Crippen LogP contribution in [0.2, 0.25) is 0 Å². The zero-order valence-electron chi connectivity index (χ0n) is 7.95. The van der Waals surface area contributed by atoms with Crippen LogP contribution in [0.25, 0.3) is 0 Å². The summed E-state index contributed by atoms with van der Waals surface area (Å²) in [5.41, 5.74) is 6.98. The Kier molecular flexibility index (Phi) is 2.79. The molecule has 2 unspecified atom stereocenters. The second-order valence-corrected chi connectivity index (χ2v) is 3.79. The molecule has 76 valence electrons. The van der Waals surface area contributed by atoms with Crippen molar-refractivity contribution < 1.29 is 9.13 Å². The Bertz CT molecular complexity index is 299. The summed E-state index contributed by atoms with van der Waals surface area (Å²) in [6, 6.07) is 6.70. The average molecular weight is 195 g/mol. The minimum atomic E-state index is -0.194. The summed E-state index contributed by atoms with van der Waals surface area (Å²) < 4.78 is 17.9. The van der Waals surface area contributed by atoms with E-state index in [4.69, 9.17) is 10.5 Å². The van der Waals surface area contributed by atoms with Crippen molar-refractivity contribution in [2.75, 3.05) is 13.2 Å². The van der Waals surface area contributed by atoms with Gasteiger partial charge in [0.2, 0.25) is 0 Å². The first-order valence-electron chi connectivity index (χ1n) is 4.83. The van der Waals surface area contributed by atoms with Crippen LogP contribution in [0.5, 0.6) is 0 Å². The van der Waals surface area contributed by atoms with Crippen LogP contribution in [-0.4, -0.2) is 19.3 Å². The van der Waals surface area contributed by atoms with E-state index in [0.717, 1.165) is 18.6 Å². The molecule has 0 aliphatic carbocycles. The molecule has 0 aromatic heterocycles. The molecule has 0 bridgehead atoms. The lowest BCUT2D eigenvalue weighted by molar-refractivity contribution is 0.184. The molecule has 1 aromatic carbocycles. The lowest BCUT2D eigenvalue weighted by Gasteiger charge is -2.12. The van der Waals surface area contributed by atoms with Gasteiger partial charge >= 0.3 is 0 Å². The van der Waals surface area contributed by atoms with Crippen LogP contribution in [0.1, 0.15) is 5.56 Å². The number of hydrogen-bond donors (Lipinski definition) is 1. The van der Waals surface area contributed by atoms with Crippen LogP contribution in [0.4, 0.5) is 4.39 Å². The number of hydrogen-bond acceptors (Lipinski definition) is 2.